The van der Waals surface area contributed by atoms with Crippen molar-refractivity contribution in [1.82, 2.24) is 20.2 Å². The molecule has 0 aliphatic rings. The van der Waals surface area contributed by atoms with Gasteiger partial charge in [-0.2, -0.15) is 4.80 Å². The molecule has 7 nitrogen and oxygen atoms in total. The van der Waals surface area contributed by atoms with Gasteiger partial charge in [-0.1, -0.05) is 31.2 Å². The largest absolute Gasteiger partial charge is 0.324 e. The number of carbonyl (C=O) groups excluding carboxylic acids is 2. The van der Waals surface area contributed by atoms with Crippen LogP contribution in [0.2, 0.25) is 0 Å². The minimum absolute atomic E-state index is 0.0193. The molecule has 1 N–H and O–H groups in total. The molecule has 0 atom stereocenters. The van der Waals surface area contributed by atoms with Crippen LogP contribution in [0.15, 0.2) is 48.5 Å². The summed E-state index contributed by atoms with van der Waals surface area (Å²) in [6, 6.07) is 14.6. The van der Waals surface area contributed by atoms with E-state index < -0.39 is 0 Å². The second-order valence-electron chi connectivity index (χ2n) is 5.88. The van der Waals surface area contributed by atoms with Crippen LogP contribution in [-0.4, -0.2) is 31.9 Å². The summed E-state index contributed by atoms with van der Waals surface area (Å²) < 4.78 is 0. The lowest BCUT2D eigenvalue weighted by molar-refractivity contribution is -0.117. The average Bonchev–Trinajstić information content (AvgIpc) is 3.10. The third kappa shape index (κ3) is 4.18. The van der Waals surface area contributed by atoms with E-state index in [2.05, 4.69) is 27.7 Å². The summed E-state index contributed by atoms with van der Waals surface area (Å²) in [6.45, 7) is 3.54. The van der Waals surface area contributed by atoms with Crippen LogP contribution in [0.3, 0.4) is 0 Å². The normalized spacial score (nSPS) is 10.5. The zero-order valence-electron chi connectivity index (χ0n) is 14.6. The van der Waals surface area contributed by atoms with E-state index in [-0.39, 0.29) is 18.2 Å². The van der Waals surface area contributed by atoms with Crippen molar-refractivity contribution in [2.45, 2.75) is 26.8 Å². The zero-order chi connectivity index (χ0) is 18.5. The fourth-order valence-electron chi connectivity index (χ4n) is 2.43. The summed E-state index contributed by atoms with van der Waals surface area (Å²) in [5, 5.41) is 14.9. The summed E-state index contributed by atoms with van der Waals surface area (Å²) in [7, 11) is 0. The number of hydrogen-bond acceptors (Lipinski definition) is 5. The molecule has 1 heterocycles. The maximum Gasteiger partial charge on any atom is 0.248 e. The van der Waals surface area contributed by atoms with E-state index in [1.165, 1.54) is 17.3 Å². The van der Waals surface area contributed by atoms with Crippen LogP contribution in [0.4, 0.5) is 5.69 Å². The Hall–Kier alpha value is -3.35. The van der Waals surface area contributed by atoms with Gasteiger partial charge >= 0.3 is 0 Å². The Kier molecular flexibility index (Phi) is 5.17. The zero-order valence-corrected chi connectivity index (χ0v) is 14.6. The van der Waals surface area contributed by atoms with Crippen molar-refractivity contribution in [3.05, 3.63) is 59.7 Å². The summed E-state index contributed by atoms with van der Waals surface area (Å²) in [4.78, 5) is 24.6. The van der Waals surface area contributed by atoms with E-state index in [1.807, 2.05) is 24.3 Å². The smallest absolute Gasteiger partial charge is 0.248 e. The maximum absolute atomic E-state index is 12.1. The molecular weight excluding hydrogens is 330 g/mol. The Balaban J connectivity index is 1.62. The number of aromatic nitrogens is 4. The Morgan fingerprint density at radius 2 is 1.73 bits per heavy atom. The predicted molar refractivity (Wildman–Crippen MR) is 97.7 cm³/mol. The molecule has 0 unspecified atom stereocenters. The highest BCUT2D eigenvalue weighted by Gasteiger charge is 2.10. The number of tetrazole rings is 1. The molecule has 1 amide bonds. The van der Waals surface area contributed by atoms with Crippen LogP contribution in [0, 0.1) is 0 Å². The van der Waals surface area contributed by atoms with E-state index in [9.17, 15) is 9.59 Å². The van der Waals surface area contributed by atoms with Crippen LogP contribution in [0.25, 0.3) is 11.4 Å². The topological polar surface area (TPSA) is 89.8 Å². The van der Waals surface area contributed by atoms with Gasteiger partial charge in [0.15, 0.2) is 5.78 Å². The predicted octanol–water partition coefficient (Wildman–Crippen LogP) is 2.74. The van der Waals surface area contributed by atoms with Crippen LogP contribution in [0.5, 0.6) is 0 Å². The molecule has 0 spiro atoms. The van der Waals surface area contributed by atoms with Crippen LogP contribution in [-0.2, 0) is 17.8 Å². The van der Waals surface area contributed by atoms with Crippen molar-refractivity contribution >= 4 is 17.4 Å². The standard InChI is InChI=1S/C19H19N5O2/c1-3-14-4-6-16(7-5-14)19-21-23-24(22-19)12-18(26)20-17-10-8-15(9-11-17)13(2)25/h4-11H,3,12H2,1-2H3,(H,20,26). The van der Waals surface area contributed by atoms with Crippen LogP contribution < -0.4 is 5.32 Å². The first kappa shape index (κ1) is 17.5. The first-order valence-corrected chi connectivity index (χ1v) is 8.33. The van der Waals surface area contributed by atoms with Gasteiger partial charge in [-0.05, 0) is 48.4 Å². The first-order chi connectivity index (χ1) is 12.5. The molecule has 0 fully saturated rings. The van der Waals surface area contributed by atoms with Gasteiger partial charge in [-0.3, -0.25) is 9.59 Å². The molecule has 0 saturated heterocycles. The van der Waals surface area contributed by atoms with Crippen molar-refractivity contribution in [2.75, 3.05) is 5.32 Å². The minimum Gasteiger partial charge on any atom is -0.324 e. The van der Waals surface area contributed by atoms with Gasteiger partial charge in [0.2, 0.25) is 11.7 Å². The molecule has 3 rings (SSSR count). The summed E-state index contributed by atoms with van der Waals surface area (Å²) in [5.41, 5.74) is 3.29. The molecule has 26 heavy (non-hydrogen) atoms. The van der Waals surface area contributed by atoms with Crippen molar-refractivity contribution in [2.24, 2.45) is 0 Å². The van der Waals surface area contributed by atoms with E-state index in [1.54, 1.807) is 24.3 Å². The van der Waals surface area contributed by atoms with Crippen LogP contribution >= 0.6 is 0 Å². The van der Waals surface area contributed by atoms with Gasteiger partial charge in [0.1, 0.15) is 6.54 Å². The number of aryl methyl sites for hydroxylation is 1. The number of ketones is 1. The minimum atomic E-state index is -0.272. The average molecular weight is 349 g/mol. The second kappa shape index (κ2) is 7.69. The summed E-state index contributed by atoms with van der Waals surface area (Å²) in [5.74, 6) is 0.186. The number of amides is 1. The molecule has 2 aromatic carbocycles. The lowest BCUT2D eigenvalue weighted by Gasteiger charge is -2.05. The fourth-order valence-corrected chi connectivity index (χ4v) is 2.43. The second-order valence-corrected chi connectivity index (χ2v) is 5.88. The Bertz CT molecular complexity index is 914. The molecule has 1 aromatic heterocycles. The van der Waals surface area contributed by atoms with E-state index in [4.69, 9.17) is 0 Å². The quantitative estimate of drug-likeness (QED) is 0.691. The Morgan fingerprint density at radius 3 is 2.35 bits per heavy atom. The van der Waals surface area contributed by atoms with E-state index >= 15 is 0 Å². The highest BCUT2D eigenvalue weighted by Crippen LogP contribution is 2.15. The molecule has 0 aliphatic heterocycles. The monoisotopic (exact) mass is 349 g/mol. The van der Waals surface area contributed by atoms with Gasteiger partial charge < -0.3 is 5.32 Å². The lowest BCUT2D eigenvalue weighted by atomic mass is 10.1. The first-order valence-electron chi connectivity index (χ1n) is 8.33. The van der Waals surface area contributed by atoms with Gasteiger partial charge in [-0.25, -0.2) is 0 Å². The molecule has 0 aliphatic carbocycles. The van der Waals surface area contributed by atoms with E-state index in [0.29, 0.717) is 17.1 Å². The third-order valence-corrected chi connectivity index (χ3v) is 3.93. The molecule has 0 radical (unpaired) electrons. The molecule has 7 heteroatoms. The number of benzene rings is 2. The van der Waals surface area contributed by atoms with Gasteiger partial charge in [0.25, 0.3) is 0 Å². The number of hydrogen-bond donors (Lipinski definition) is 1. The van der Waals surface area contributed by atoms with Crippen LogP contribution in [0.1, 0.15) is 29.8 Å². The molecule has 0 saturated carbocycles. The molecule has 132 valence electrons. The number of carbonyl (C=O) groups is 2. The number of nitrogens with zero attached hydrogens (tertiary/aromatic N) is 4. The number of Topliss-reactive ketones (excluding diaryl/α,β-unsaturated/α-hetero) is 1. The summed E-state index contributed by atoms with van der Waals surface area (Å²) in [6.07, 6.45) is 0.966. The molecule has 0 bridgehead atoms. The number of anilines is 1. The van der Waals surface area contributed by atoms with Crippen molar-refractivity contribution < 1.29 is 9.59 Å². The number of rotatable bonds is 6. The fraction of sp³-hybridized carbons (Fsp3) is 0.211. The van der Waals surface area contributed by atoms with Gasteiger partial charge in [0.05, 0.1) is 0 Å². The highest BCUT2D eigenvalue weighted by molar-refractivity contribution is 5.95. The number of nitrogens with one attached hydrogen (secondary N) is 1. The maximum atomic E-state index is 12.1. The van der Waals surface area contributed by atoms with Crippen molar-refractivity contribution in [3.63, 3.8) is 0 Å². The van der Waals surface area contributed by atoms with Crippen molar-refractivity contribution in [1.29, 1.82) is 0 Å². The third-order valence-electron chi connectivity index (χ3n) is 3.93. The highest BCUT2D eigenvalue weighted by atomic mass is 16.2. The Labute approximate surface area is 151 Å². The van der Waals surface area contributed by atoms with Gasteiger partial charge in [-0.15, -0.1) is 10.2 Å². The van der Waals surface area contributed by atoms with Crippen molar-refractivity contribution in [3.8, 4) is 11.4 Å². The van der Waals surface area contributed by atoms with Gasteiger partial charge in [0, 0.05) is 16.8 Å². The summed E-state index contributed by atoms with van der Waals surface area (Å²) >= 11 is 0. The Morgan fingerprint density at radius 1 is 1.04 bits per heavy atom. The van der Waals surface area contributed by atoms with E-state index in [0.717, 1.165) is 12.0 Å². The SMILES string of the molecule is CCc1ccc(-c2nnn(CC(=O)Nc3ccc(C(C)=O)cc3)n2)cc1. The lowest BCUT2D eigenvalue weighted by Crippen LogP contribution is -2.20. The molecular formula is C19H19N5O2. The molecule has 3 aromatic rings.